The van der Waals surface area contributed by atoms with Crippen molar-refractivity contribution < 1.29 is 14.6 Å². The van der Waals surface area contributed by atoms with Crippen molar-refractivity contribution in [1.29, 1.82) is 0 Å². The molecule has 3 aromatic rings. The fourth-order valence-corrected chi connectivity index (χ4v) is 3.71. The average Bonchev–Trinajstić information content (AvgIpc) is 3.37. The molecule has 30 heavy (non-hydrogen) atoms. The largest absolute Gasteiger partial charge is 0.497 e. The fourth-order valence-electron chi connectivity index (χ4n) is 2.92. The lowest BCUT2D eigenvalue weighted by Gasteiger charge is -2.08. The Bertz CT molecular complexity index is 1120. The minimum atomic E-state index is -0.795. The van der Waals surface area contributed by atoms with Crippen LogP contribution in [0.5, 0.6) is 5.75 Å². The van der Waals surface area contributed by atoms with Crippen molar-refractivity contribution in [3.63, 3.8) is 0 Å². The summed E-state index contributed by atoms with van der Waals surface area (Å²) in [6, 6.07) is 13.8. The first kappa shape index (κ1) is 19.9. The molecule has 0 radical (unpaired) electrons. The number of aromatic nitrogens is 1. The third kappa shape index (κ3) is 3.98. The number of hydrazone groups is 1. The van der Waals surface area contributed by atoms with Gasteiger partial charge in [-0.25, -0.2) is 4.98 Å². The Morgan fingerprint density at radius 3 is 2.77 bits per heavy atom. The van der Waals surface area contributed by atoms with Gasteiger partial charge in [0.05, 0.1) is 30.8 Å². The molecule has 8 nitrogen and oxygen atoms in total. The number of rotatable bonds is 6. The number of amides is 1. The molecule has 4 rings (SSSR count). The number of hydrogen-bond donors (Lipinski definition) is 1. The zero-order chi connectivity index (χ0) is 21.1. The van der Waals surface area contributed by atoms with Gasteiger partial charge in [0, 0.05) is 10.9 Å². The van der Waals surface area contributed by atoms with Crippen LogP contribution < -0.4 is 9.75 Å². The molecule has 1 atom stereocenters. The van der Waals surface area contributed by atoms with Gasteiger partial charge in [0.25, 0.3) is 5.91 Å². The Labute approximate surface area is 177 Å². The number of aliphatic hydroxyl groups excluding tert-OH is 1. The summed E-state index contributed by atoms with van der Waals surface area (Å²) >= 11 is 1.33. The Hall–Kier alpha value is -3.43. The molecule has 0 unspecified atom stereocenters. The van der Waals surface area contributed by atoms with Crippen LogP contribution in [0.25, 0.3) is 11.3 Å². The van der Waals surface area contributed by atoms with E-state index < -0.39 is 6.04 Å². The molecule has 1 aliphatic heterocycles. The molecule has 1 N–H and O–H groups in total. The summed E-state index contributed by atoms with van der Waals surface area (Å²) in [5, 5.41) is 25.5. The Kier molecular flexibility index (Phi) is 5.64. The molecule has 1 amide bonds. The molecular formula is C21H19N5O3S. The molecular weight excluding hydrogens is 402 g/mol. The number of methoxy groups -OCH3 is 1. The Morgan fingerprint density at radius 1 is 1.23 bits per heavy atom. The summed E-state index contributed by atoms with van der Waals surface area (Å²) in [4.78, 5) is 17.4. The second-order valence-electron chi connectivity index (χ2n) is 6.58. The number of anilines is 1. The summed E-state index contributed by atoms with van der Waals surface area (Å²) < 4.78 is 5.18. The minimum Gasteiger partial charge on any atom is -0.497 e. The maximum atomic E-state index is 12.9. The van der Waals surface area contributed by atoms with Gasteiger partial charge in [0.15, 0.2) is 6.04 Å². The molecule has 0 saturated heterocycles. The highest BCUT2D eigenvalue weighted by Crippen LogP contribution is 2.31. The number of nitrogens with zero attached hydrogens (tertiary/aromatic N) is 5. The number of carbonyl (C=O) groups is 1. The maximum absolute atomic E-state index is 12.9. The monoisotopic (exact) mass is 421 g/mol. The Balaban J connectivity index is 1.52. The zero-order valence-corrected chi connectivity index (χ0v) is 17.2. The third-order valence-electron chi connectivity index (χ3n) is 4.54. The van der Waals surface area contributed by atoms with Crippen LogP contribution in [-0.4, -0.2) is 34.9 Å². The van der Waals surface area contributed by atoms with E-state index in [9.17, 15) is 9.90 Å². The normalized spacial score (nSPS) is 16.4. The van der Waals surface area contributed by atoms with Gasteiger partial charge in [-0.2, -0.15) is 20.3 Å². The maximum Gasteiger partial charge on any atom is 0.282 e. The lowest BCUT2D eigenvalue weighted by Crippen LogP contribution is -2.29. The van der Waals surface area contributed by atoms with Crippen molar-refractivity contribution in [2.45, 2.75) is 19.6 Å². The van der Waals surface area contributed by atoms with E-state index in [-0.39, 0.29) is 12.5 Å². The van der Waals surface area contributed by atoms with Crippen LogP contribution in [0, 0.1) is 0 Å². The highest BCUT2D eigenvalue weighted by Gasteiger charge is 2.36. The number of hydrogen-bond acceptors (Lipinski definition) is 8. The van der Waals surface area contributed by atoms with Crippen molar-refractivity contribution in [1.82, 2.24) is 4.98 Å². The molecule has 0 aliphatic carbocycles. The quantitative estimate of drug-likeness (QED) is 0.603. The molecule has 1 aliphatic rings. The van der Waals surface area contributed by atoms with Crippen LogP contribution in [0.2, 0.25) is 0 Å². The number of ether oxygens (including phenoxy) is 1. The number of carbonyl (C=O) groups excluding carboxylic acids is 1. The first-order valence-electron chi connectivity index (χ1n) is 9.18. The first-order valence-corrected chi connectivity index (χ1v) is 10.1. The second-order valence-corrected chi connectivity index (χ2v) is 7.42. The predicted molar refractivity (Wildman–Crippen MR) is 115 cm³/mol. The van der Waals surface area contributed by atoms with Crippen LogP contribution in [0.1, 0.15) is 12.5 Å². The third-order valence-corrected chi connectivity index (χ3v) is 5.35. The van der Waals surface area contributed by atoms with E-state index in [0.29, 0.717) is 16.5 Å². The summed E-state index contributed by atoms with van der Waals surface area (Å²) in [5.74, 6) is 0.465. The molecule has 0 spiro atoms. The lowest BCUT2D eigenvalue weighted by molar-refractivity contribution is -0.117. The molecule has 2 heterocycles. The van der Waals surface area contributed by atoms with E-state index in [1.54, 1.807) is 38.3 Å². The van der Waals surface area contributed by atoms with Gasteiger partial charge >= 0.3 is 0 Å². The van der Waals surface area contributed by atoms with E-state index >= 15 is 0 Å². The number of azo groups is 1. The van der Waals surface area contributed by atoms with Crippen LogP contribution >= 0.6 is 11.3 Å². The molecule has 1 aromatic heterocycles. The van der Waals surface area contributed by atoms with Gasteiger partial charge in [-0.05, 0) is 48.9 Å². The molecule has 2 aromatic carbocycles. The second kappa shape index (κ2) is 8.52. The summed E-state index contributed by atoms with van der Waals surface area (Å²) in [6.07, 6.45) is 0. The van der Waals surface area contributed by atoms with Crippen LogP contribution in [0.15, 0.2) is 69.2 Å². The Morgan fingerprint density at radius 2 is 2.03 bits per heavy atom. The predicted octanol–water partition coefficient (Wildman–Crippen LogP) is 4.19. The van der Waals surface area contributed by atoms with Gasteiger partial charge < -0.3 is 9.84 Å². The number of benzene rings is 2. The van der Waals surface area contributed by atoms with E-state index in [1.807, 2.05) is 29.6 Å². The minimum absolute atomic E-state index is 0.0828. The van der Waals surface area contributed by atoms with Gasteiger partial charge in [-0.3, -0.25) is 4.79 Å². The van der Waals surface area contributed by atoms with Crippen LogP contribution in [-0.2, 0) is 11.4 Å². The molecule has 9 heteroatoms. The summed E-state index contributed by atoms with van der Waals surface area (Å²) in [6.45, 7) is 1.66. The fraction of sp³-hybridized carbons (Fsp3) is 0.190. The standard InChI is InChI=1S/C21H19N5O3S/c1-13-19(24-23-16-5-3-4-14(10-16)11-27)20(28)26(25-13)21-22-18(12-30-21)15-6-8-17(29-2)9-7-15/h3-10,12,19,27H,11H2,1-2H3/t19-/m1/s1. The van der Waals surface area contributed by atoms with Crippen molar-refractivity contribution in [2.75, 3.05) is 12.1 Å². The van der Waals surface area contributed by atoms with Crippen molar-refractivity contribution in [3.8, 4) is 17.0 Å². The van der Waals surface area contributed by atoms with Crippen LogP contribution in [0.3, 0.4) is 0 Å². The summed E-state index contributed by atoms with van der Waals surface area (Å²) in [7, 11) is 1.62. The van der Waals surface area contributed by atoms with E-state index in [2.05, 4.69) is 20.3 Å². The molecule has 0 bridgehead atoms. The molecule has 152 valence electrons. The first-order chi connectivity index (χ1) is 14.6. The highest BCUT2D eigenvalue weighted by molar-refractivity contribution is 7.14. The topological polar surface area (TPSA) is 99.7 Å². The van der Waals surface area contributed by atoms with Crippen molar-refractivity contribution >= 4 is 33.8 Å². The average molecular weight is 421 g/mol. The van der Waals surface area contributed by atoms with Crippen molar-refractivity contribution in [3.05, 3.63) is 59.5 Å². The van der Waals surface area contributed by atoms with Gasteiger partial charge in [-0.1, -0.05) is 12.1 Å². The van der Waals surface area contributed by atoms with Gasteiger partial charge in [0.2, 0.25) is 5.13 Å². The van der Waals surface area contributed by atoms with Gasteiger partial charge in [0.1, 0.15) is 5.75 Å². The lowest BCUT2D eigenvalue weighted by atomic mass is 10.2. The summed E-state index contributed by atoms with van der Waals surface area (Å²) in [5.41, 5.74) is 3.51. The highest BCUT2D eigenvalue weighted by atomic mass is 32.1. The van der Waals surface area contributed by atoms with E-state index in [1.165, 1.54) is 16.3 Å². The number of aliphatic hydroxyl groups is 1. The van der Waals surface area contributed by atoms with Crippen molar-refractivity contribution in [2.24, 2.45) is 15.3 Å². The van der Waals surface area contributed by atoms with Gasteiger partial charge in [-0.15, -0.1) is 11.3 Å². The van der Waals surface area contributed by atoms with Crippen LogP contribution in [0.4, 0.5) is 10.8 Å². The number of thiazole rings is 1. The van der Waals surface area contributed by atoms with E-state index in [0.717, 1.165) is 22.6 Å². The molecule has 0 saturated carbocycles. The molecule has 0 fully saturated rings. The SMILES string of the molecule is COc1ccc(-c2csc(N3N=C(C)[C@@H](N=Nc4cccc(CO)c4)C3=O)n2)cc1. The zero-order valence-electron chi connectivity index (χ0n) is 16.4. The van der Waals surface area contributed by atoms with E-state index in [4.69, 9.17) is 4.74 Å². The smallest absolute Gasteiger partial charge is 0.282 e.